The molecule has 0 spiro atoms. The van der Waals surface area contributed by atoms with Crippen molar-refractivity contribution in [3.63, 3.8) is 0 Å². The van der Waals surface area contributed by atoms with E-state index in [2.05, 4.69) is 30.1 Å². The number of aliphatic imine (C=N–C) groups is 1. The summed E-state index contributed by atoms with van der Waals surface area (Å²) in [6.45, 7) is 3.06. The summed E-state index contributed by atoms with van der Waals surface area (Å²) in [5.41, 5.74) is 3.37. The largest absolute Gasteiger partial charge is 0.366 e. The van der Waals surface area contributed by atoms with Crippen LogP contribution in [0.25, 0.3) is 10.9 Å². The number of aromatic nitrogens is 1. The average molecular weight is 305 g/mol. The van der Waals surface area contributed by atoms with Gasteiger partial charge in [0.15, 0.2) is 0 Å². The summed E-state index contributed by atoms with van der Waals surface area (Å²) in [4.78, 5) is 13.9. The molecule has 0 bridgehead atoms. The molecule has 0 radical (unpaired) electrons. The van der Waals surface area contributed by atoms with Crippen molar-refractivity contribution in [2.24, 2.45) is 4.99 Å². The van der Waals surface area contributed by atoms with Gasteiger partial charge in [-0.15, -0.1) is 12.4 Å². The van der Waals surface area contributed by atoms with E-state index < -0.39 is 0 Å². The fourth-order valence-electron chi connectivity index (χ4n) is 2.54. The maximum absolute atomic E-state index is 4.87. The van der Waals surface area contributed by atoms with E-state index in [-0.39, 0.29) is 12.4 Å². The third kappa shape index (κ3) is 2.68. The van der Waals surface area contributed by atoms with Crippen LogP contribution in [0.1, 0.15) is 12.5 Å². The number of likely N-dealkylation sites (N-methyl/N-ethyl adjacent to an activating group) is 1. The van der Waals surface area contributed by atoms with Crippen LogP contribution < -0.4 is 4.90 Å². The summed E-state index contributed by atoms with van der Waals surface area (Å²) >= 11 is 0. The van der Waals surface area contributed by atoms with Crippen molar-refractivity contribution in [1.82, 2.24) is 9.88 Å². The summed E-state index contributed by atoms with van der Waals surface area (Å²) in [5, 5.41) is 1.14. The summed E-state index contributed by atoms with van der Waals surface area (Å²) in [6.07, 6.45) is 1.02. The second-order valence-corrected chi connectivity index (χ2v) is 5.50. The number of benzene rings is 1. The molecule has 1 aromatic carbocycles. The molecule has 0 N–H and O–H groups in total. The molecule has 1 aliphatic rings. The van der Waals surface area contributed by atoms with E-state index in [1.807, 2.05) is 32.0 Å². The van der Waals surface area contributed by atoms with Gasteiger partial charge in [-0.2, -0.15) is 0 Å². The lowest BCUT2D eigenvalue weighted by atomic mass is 10.1. The molecule has 0 saturated carbocycles. The first-order valence-corrected chi connectivity index (χ1v) is 6.93. The number of rotatable bonds is 1. The fraction of sp³-hybridized carbons (Fsp3) is 0.375. The molecule has 2 aromatic rings. The Kier molecular flexibility index (Phi) is 4.37. The van der Waals surface area contributed by atoms with Gasteiger partial charge < -0.3 is 9.80 Å². The van der Waals surface area contributed by atoms with Crippen LogP contribution in [-0.4, -0.2) is 43.4 Å². The van der Waals surface area contributed by atoms with Crippen molar-refractivity contribution in [2.45, 2.75) is 13.3 Å². The van der Waals surface area contributed by atoms with Crippen molar-refractivity contribution < 1.29 is 0 Å². The van der Waals surface area contributed by atoms with Gasteiger partial charge in [0.25, 0.3) is 0 Å². The zero-order valence-corrected chi connectivity index (χ0v) is 13.7. The highest BCUT2D eigenvalue weighted by Crippen LogP contribution is 2.38. The Morgan fingerprint density at radius 2 is 2.00 bits per heavy atom. The van der Waals surface area contributed by atoms with Gasteiger partial charge in [-0.05, 0) is 19.4 Å². The van der Waals surface area contributed by atoms with Gasteiger partial charge in [0.1, 0.15) is 11.7 Å². The quantitative estimate of drug-likeness (QED) is 0.599. The average Bonchev–Trinajstić information content (AvgIpc) is 2.80. The van der Waals surface area contributed by atoms with E-state index >= 15 is 0 Å². The standard InChI is InChI=1S/C16H20N4.ClH/c1-11(19(2)3)17-15-12-7-5-6-8-14(12)18-16-13(15)9-10-20(16)4;/h5-8H,9-10H2,1-4H3;1H. The number of hydrogen-bond donors (Lipinski definition) is 0. The van der Waals surface area contributed by atoms with Gasteiger partial charge in [0.05, 0.1) is 11.2 Å². The lowest BCUT2D eigenvalue weighted by molar-refractivity contribution is 0.619. The van der Waals surface area contributed by atoms with Crippen LogP contribution in [0.15, 0.2) is 29.3 Å². The smallest absolute Gasteiger partial charge is 0.134 e. The summed E-state index contributed by atoms with van der Waals surface area (Å²) in [7, 11) is 6.14. The Morgan fingerprint density at radius 1 is 1.29 bits per heavy atom. The number of pyridine rings is 1. The Bertz CT molecular complexity index is 694. The Morgan fingerprint density at radius 3 is 2.71 bits per heavy atom. The SMILES string of the molecule is CC(=Nc1c2c(nc3ccccc13)N(C)CC2)N(C)C.Cl. The Labute approximate surface area is 131 Å². The predicted molar refractivity (Wildman–Crippen MR) is 92.4 cm³/mol. The number of halogens is 1. The summed E-state index contributed by atoms with van der Waals surface area (Å²) < 4.78 is 0. The fourth-order valence-corrected chi connectivity index (χ4v) is 2.54. The van der Waals surface area contributed by atoms with Crippen molar-refractivity contribution in [3.05, 3.63) is 29.8 Å². The molecule has 0 unspecified atom stereocenters. The van der Waals surface area contributed by atoms with Crippen molar-refractivity contribution in [1.29, 1.82) is 0 Å². The molecule has 1 aromatic heterocycles. The van der Waals surface area contributed by atoms with Gasteiger partial charge >= 0.3 is 0 Å². The monoisotopic (exact) mass is 304 g/mol. The zero-order valence-electron chi connectivity index (χ0n) is 12.9. The highest BCUT2D eigenvalue weighted by Gasteiger charge is 2.23. The highest BCUT2D eigenvalue weighted by molar-refractivity contribution is 5.97. The molecule has 21 heavy (non-hydrogen) atoms. The topological polar surface area (TPSA) is 31.7 Å². The van der Waals surface area contributed by atoms with E-state index in [9.17, 15) is 0 Å². The molecular weight excluding hydrogens is 284 g/mol. The first-order valence-electron chi connectivity index (χ1n) is 6.93. The van der Waals surface area contributed by atoms with E-state index in [1.165, 1.54) is 5.56 Å². The molecule has 0 saturated heterocycles. The van der Waals surface area contributed by atoms with Crippen LogP contribution in [0.3, 0.4) is 0 Å². The van der Waals surface area contributed by atoms with Crippen LogP contribution in [0, 0.1) is 0 Å². The first kappa shape index (κ1) is 15.6. The van der Waals surface area contributed by atoms with Crippen molar-refractivity contribution in [2.75, 3.05) is 32.6 Å². The van der Waals surface area contributed by atoms with Crippen LogP contribution in [0.5, 0.6) is 0 Å². The van der Waals surface area contributed by atoms with Crippen molar-refractivity contribution >= 4 is 40.7 Å². The molecule has 0 aliphatic carbocycles. The molecule has 1 aliphatic heterocycles. The normalized spacial score (nSPS) is 14.1. The number of anilines is 1. The summed E-state index contributed by atoms with van der Waals surface area (Å²) in [5.74, 6) is 2.09. The number of nitrogens with zero attached hydrogens (tertiary/aromatic N) is 4. The molecule has 0 atom stereocenters. The van der Waals surface area contributed by atoms with Gasteiger partial charge in [0, 0.05) is 38.6 Å². The number of fused-ring (bicyclic) bond motifs is 2. The molecular formula is C16H21ClN4. The van der Waals surface area contributed by atoms with Crippen LogP contribution >= 0.6 is 12.4 Å². The lowest BCUT2D eigenvalue weighted by Gasteiger charge is -2.15. The van der Waals surface area contributed by atoms with Crippen LogP contribution in [0.4, 0.5) is 11.5 Å². The van der Waals surface area contributed by atoms with E-state index in [1.54, 1.807) is 0 Å². The first-order chi connectivity index (χ1) is 9.58. The van der Waals surface area contributed by atoms with Crippen molar-refractivity contribution in [3.8, 4) is 0 Å². The molecule has 0 fully saturated rings. The van der Waals surface area contributed by atoms with E-state index in [4.69, 9.17) is 9.98 Å². The lowest BCUT2D eigenvalue weighted by Crippen LogP contribution is -2.18. The minimum Gasteiger partial charge on any atom is -0.366 e. The second-order valence-electron chi connectivity index (χ2n) is 5.50. The minimum absolute atomic E-state index is 0. The molecule has 4 nitrogen and oxygen atoms in total. The maximum atomic E-state index is 4.87. The van der Waals surface area contributed by atoms with E-state index in [0.717, 1.165) is 41.2 Å². The minimum atomic E-state index is 0. The predicted octanol–water partition coefficient (Wildman–Crippen LogP) is 3.26. The highest BCUT2D eigenvalue weighted by atomic mass is 35.5. The zero-order chi connectivity index (χ0) is 14.3. The van der Waals surface area contributed by atoms with Gasteiger partial charge in [-0.1, -0.05) is 18.2 Å². The Hall–Kier alpha value is -1.81. The maximum Gasteiger partial charge on any atom is 0.134 e. The third-order valence-corrected chi connectivity index (χ3v) is 3.92. The van der Waals surface area contributed by atoms with Crippen LogP contribution in [0.2, 0.25) is 0 Å². The molecule has 112 valence electrons. The molecule has 0 amide bonds. The molecule has 3 rings (SSSR count). The number of para-hydroxylation sites is 1. The number of amidine groups is 1. The molecule has 2 heterocycles. The second kappa shape index (κ2) is 5.90. The van der Waals surface area contributed by atoms with E-state index in [0.29, 0.717) is 0 Å². The van der Waals surface area contributed by atoms with Gasteiger partial charge in [-0.3, -0.25) is 0 Å². The number of hydrogen-bond acceptors (Lipinski definition) is 3. The summed E-state index contributed by atoms with van der Waals surface area (Å²) in [6, 6.07) is 8.26. The third-order valence-electron chi connectivity index (χ3n) is 3.92. The van der Waals surface area contributed by atoms with Crippen LogP contribution in [-0.2, 0) is 6.42 Å². The molecule has 5 heteroatoms. The van der Waals surface area contributed by atoms with Gasteiger partial charge in [0.2, 0.25) is 0 Å². The van der Waals surface area contributed by atoms with Gasteiger partial charge in [-0.25, -0.2) is 9.98 Å². The Balaban J connectivity index is 0.00000161.